The molecule has 2 unspecified atom stereocenters. The molecule has 1 fully saturated rings. The van der Waals surface area contributed by atoms with E-state index in [0.717, 1.165) is 0 Å². The van der Waals surface area contributed by atoms with Gasteiger partial charge < -0.3 is 5.32 Å². The van der Waals surface area contributed by atoms with E-state index in [1.54, 1.807) is 0 Å². The van der Waals surface area contributed by atoms with E-state index in [1.165, 1.54) is 12.1 Å². The monoisotopic (exact) mass is 325 g/mol. The molecule has 1 aliphatic heterocycles. The first-order valence-electron chi connectivity index (χ1n) is 5.93. The van der Waals surface area contributed by atoms with Gasteiger partial charge in [0.1, 0.15) is 5.82 Å². The Hall–Kier alpha value is -0.360. The van der Waals surface area contributed by atoms with Crippen LogP contribution in [0.3, 0.4) is 0 Å². The number of halogens is 3. The van der Waals surface area contributed by atoms with Gasteiger partial charge in [0.25, 0.3) is 0 Å². The minimum Gasteiger partial charge on any atom is -0.305 e. The SMILES string of the molecule is CCC1CS(=O)(=O)CC(c2cc(F)c(Cl)cc2Cl)N1. The molecule has 1 aliphatic rings. The van der Waals surface area contributed by atoms with E-state index >= 15 is 0 Å². The van der Waals surface area contributed by atoms with Gasteiger partial charge in [0, 0.05) is 17.1 Å². The van der Waals surface area contributed by atoms with Gasteiger partial charge in [-0.15, -0.1) is 0 Å². The molecule has 1 N–H and O–H groups in total. The summed E-state index contributed by atoms with van der Waals surface area (Å²) in [4.78, 5) is 0. The van der Waals surface area contributed by atoms with Crippen LogP contribution in [0.15, 0.2) is 12.1 Å². The van der Waals surface area contributed by atoms with Crippen molar-refractivity contribution in [2.75, 3.05) is 11.5 Å². The Kier molecular flexibility index (Phi) is 4.40. The second-order valence-electron chi connectivity index (χ2n) is 4.69. The van der Waals surface area contributed by atoms with E-state index < -0.39 is 21.7 Å². The smallest absolute Gasteiger partial charge is 0.153 e. The lowest BCUT2D eigenvalue weighted by atomic mass is 10.1. The average Bonchev–Trinajstić information content (AvgIpc) is 2.31. The van der Waals surface area contributed by atoms with Crippen LogP contribution < -0.4 is 5.32 Å². The Balaban J connectivity index is 2.38. The highest BCUT2D eigenvalue weighted by Crippen LogP contribution is 2.31. The molecule has 19 heavy (non-hydrogen) atoms. The average molecular weight is 326 g/mol. The van der Waals surface area contributed by atoms with Gasteiger partial charge >= 0.3 is 0 Å². The van der Waals surface area contributed by atoms with Gasteiger partial charge in [-0.1, -0.05) is 30.1 Å². The van der Waals surface area contributed by atoms with Crippen molar-refractivity contribution in [1.82, 2.24) is 5.32 Å². The Bertz CT molecular complexity index is 592. The molecule has 1 aromatic rings. The molecule has 1 heterocycles. The van der Waals surface area contributed by atoms with Gasteiger partial charge in [-0.3, -0.25) is 0 Å². The van der Waals surface area contributed by atoms with Crippen LogP contribution in [0.5, 0.6) is 0 Å². The fourth-order valence-electron chi connectivity index (χ4n) is 2.23. The van der Waals surface area contributed by atoms with E-state index in [1.807, 2.05) is 6.92 Å². The molecule has 0 amide bonds. The van der Waals surface area contributed by atoms with Crippen molar-refractivity contribution < 1.29 is 12.8 Å². The van der Waals surface area contributed by atoms with Gasteiger partial charge in [0.2, 0.25) is 0 Å². The maximum atomic E-state index is 13.5. The summed E-state index contributed by atoms with van der Waals surface area (Å²) in [5, 5.41) is 3.39. The predicted octanol–water partition coefficient (Wildman–Crippen LogP) is 2.97. The van der Waals surface area contributed by atoms with Crippen LogP contribution in [0.4, 0.5) is 4.39 Å². The first-order valence-corrected chi connectivity index (χ1v) is 8.51. The minimum absolute atomic E-state index is 0.0699. The molecule has 0 aromatic heterocycles. The van der Waals surface area contributed by atoms with Crippen molar-refractivity contribution in [2.45, 2.75) is 25.4 Å². The molecule has 0 bridgehead atoms. The third kappa shape index (κ3) is 3.40. The first-order chi connectivity index (χ1) is 8.82. The number of sulfone groups is 1. The highest BCUT2D eigenvalue weighted by molar-refractivity contribution is 7.91. The van der Waals surface area contributed by atoms with Crippen LogP contribution in [0.1, 0.15) is 24.9 Å². The van der Waals surface area contributed by atoms with Gasteiger partial charge in [0.05, 0.1) is 16.5 Å². The van der Waals surface area contributed by atoms with Crippen molar-refractivity contribution >= 4 is 33.0 Å². The number of hydrogen-bond acceptors (Lipinski definition) is 3. The third-order valence-electron chi connectivity index (χ3n) is 3.22. The lowest BCUT2D eigenvalue weighted by Gasteiger charge is -2.31. The summed E-state index contributed by atoms with van der Waals surface area (Å²) in [5.74, 6) is -0.572. The largest absolute Gasteiger partial charge is 0.305 e. The molecule has 7 heteroatoms. The summed E-state index contributed by atoms with van der Waals surface area (Å²) in [7, 11) is -3.16. The summed E-state index contributed by atoms with van der Waals surface area (Å²) in [6.07, 6.45) is 0.684. The van der Waals surface area contributed by atoms with Gasteiger partial charge in [-0.25, -0.2) is 12.8 Å². The number of benzene rings is 1. The molecule has 2 atom stereocenters. The number of rotatable bonds is 2. The zero-order valence-electron chi connectivity index (χ0n) is 10.3. The van der Waals surface area contributed by atoms with E-state index in [0.29, 0.717) is 12.0 Å². The molecule has 1 aromatic carbocycles. The van der Waals surface area contributed by atoms with Crippen molar-refractivity contribution in [3.8, 4) is 0 Å². The normalized spacial score (nSPS) is 26.3. The van der Waals surface area contributed by atoms with Crippen LogP contribution in [-0.4, -0.2) is 26.0 Å². The second kappa shape index (κ2) is 5.56. The molecule has 0 spiro atoms. The van der Waals surface area contributed by atoms with Crippen molar-refractivity contribution in [2.24, 2.45) is 0 Å². The van der Waals surface area contributed by atoms with Crippen molar-refractivity contribution in [3.05, 3.63) is 33.6 Å². The third-order valence-corrected chi connectivity index (χ3v) is 5.59. The first kappa shape index (κ1) is 15.0. The van der Waals surface area contributed by atoms with E-state index in [9.17, 15) is 12.8 Å². The summed E-state index contributed by atoms with van der Waals surface area (Å²) in [5.41, 5.74) is 0.435. The molecule has 0 radical (unpaired) electrons. The topological polar surface area (TPSA) is 46.2 Å². The fraction of sp³-hybridized carbons (Fsp3) is 0.500. The number of nitrogens with one attached hydrogen (secondary N) is 1. The van der Waals surface area contributed by atoms with Gasteiger partial charge in [-0.2, -0.15) is 0 Å². The zero-order valence-corrected chi connectivity index (χ0v) is 12.6. The molecular weight excluding hydrogens is 312 g/mol. The minimum atomic E-state index is -3.16. The number of hydrogen-bond donors (Lipinski definition) is 1. The lowest BCUT2D eigenvalue weighted by molar-refractivity contribution is 0.439. The summed E-state index contributed by atoms with van der Waals surface area (Å²) >= 11 is 11.7. The highest BCUT2D eigenvalue weighted by atomic mass is 35.5. The van der Waals surface area contributed by atoms with Crippen LogP contribution in [0, 0.1) is 5.82 Å². The van der Waals surface area contributed by atoms with Gasteiger partial charge in [-0.05, 0) is 24.1 Å². The van der Waals surface area contributed by atoms with Crippen molar-refractivity contribution in [1.29, 1.82) is 0 Å². The van der Waals surface area contributed by atoms with Crippen LogP contribution in [0.2, 0.25) is 10.0 Å². The summed E-state index contributed by atoms with van der Waals surface area (Å²) in [6.45, 7) is 1.90. The molecular formula is C12H14Cl2FNO2S. The summed E-state index contributed by atoms with van der Waals surface area (Å²) in [6, 6.07) is 1.87. The fourth-order valence-corrected chi connectivity index (χ4v) is 4.61. The van der Waals surface area contributed by atoms with Crippen LogP contribution in [-0.2, 0) is 9.84 Å². The maximum absolute atomic E-state index is 13.5. The van der Waals surface area contributed by atoms with Gasteiger partial charge in [0.15, 0.2) is 9.84 Å². The van der Waals surface area contributed by atoms with Crippen molar-refractivity contribution in [3.63, 3.8) is 0 Å². The molecule has 106 valence electrons. The van der Waals surface area contributed by atoms with E-state index in [-0.39, 0.29) is 27.6 Å². The second-order valence-corrected chi connectivity index (χ2v) is 7.66. The quantitative estimate of drug-likeness (QED) is 0.850. The molecule has 3 nitrogen and oxygen atoms in total. The maximum Gasteiger partial charge on any atom is 0.153 e. The summed E-state index contributed by atoms with van der Waals surface area (Å²) < 4.78 is 37.2. The lowest BCUT2D eigenvalue weighted by Crippen LogP contribution is -2.46. The van der Waals surface area contributed by atoms with Crippen LogP contribution >= 0.6 is 23.2 Å². The highest BCUT2D eigenvalue weighted by Gasteiger charge is 2.32. The molecule has 2 rings (SSSR count). The molecule has 1 saturated heterocycles. The molecule has 0 saturated carbocycles. The standard InChI is InChI=1S/C12H14Cl2FNO2S/c1-2-7-5-19(17,18)6-12(16-7)8-3-11(15)10(14)4-9(8)13/h3-4,7,12,16H,2,5-6H2,1H3. The predicted molar refractivity (Wildman–Crippen MR) is 75.0 cm³/mol. The Morgan fingerprint density at radius 2 is 2.00 bits per heavy atom. The zero-order chi connectivity index (χ0) is 14.2. The van der Waals surface area contributed by atoms with E-state index in [4.69, 9.17) is 23.2 Å². The van der Waals surface area contributed by atoms with Crippen LogP contribution in [0.25, 0.3) is 0 Å². The van der Waals surface area contributed by atoms with E-state index in [2.05, 4.69) is 5.32 Å². The Labute approximate surface area is 122 Å². The Morgan fingerprint density at radius 1 is 1.32 bits per heavy atom. The molecule has 0 aliphatic carbocycles. The Morgan fingerprint density at radius 3 is 2.63 bits per heavy atom.